The van der Waals surface area contributed by atoms with E-state index < -0.39 is 6.04 Å². The molecule has 1 N–H and O–H groups in total. The van der Waals surface area contributed by atoms with E-state index >= 15 is 0 Å². The van der Waals surface area contributed by atoms with Crippen LogP contribution in [0, 0.1) is 13.8 Å². The van der Waals surface area contributed by atoms with Gasteiger partial charge in [-0.15, -0.1) is 0 Å². The molecule has 2 amide bonds. The first-order chi connectivity index (χ1) is 13.3. The monoisotopic (exact) mass is 386 g/mol. The van der Waals surface area contributed by atoms with Gasteiger partial charge in [-0.3, -0.25) is 9.48 Å². The second-order valence-corrected chi connectivity index (χ2v) is 6.87. The third kappa shape index (κ3) is 5.58. The third-order valence-corrected chi connectivity index (χ3v) is 4.88. The topological polar surface area (TPSA) is 76.5 Å². The molecule has 0 radical (unpaired) electrons. The van der Waals surface area contributed by atoms with Gasteiger partial charge in [0.05, 0.1) is 24.8 Å². The first-order valence-electron chi connectivity index (χ1n) is 9.54. The van der Waals surface area contributed by atoms with Crippen molar-refractivity contribution in [2.75, 3.05) is 20.2 Å². The lowest BCUT2D eigenvalue weighted by Crippen LogP contribution is -2.41. The molecule has 1 unspecified atom stereocenters. The summed E-state index contributed by atoms with van der Waals surface area (Å²) < 4.78 is 6.91. The SMILES string of the molecule is CCOC(=O)CC(NC(=O)N(C)CCc1c(C)nn(C)c1C)c1ccccc1. The van der Waals surface area contributed by atoms with Crippen molar-refractivity contribution >= 4 is 12.0 Å². The number of rotatable bonds is 8. The molecule has 0 aliphatic carbocycles. The van der Waals surface area contributed by atoms with Gasteiger partial charge in [0.25, 0.3) is 0 Å². The predicted octanol–water partition coefficient (Wildman–Crippen LogP) is 2.92. The van der Waals surface area contributed by atoms with E-state index in [9.17, 15) is 9.59 Å². The summed E-state index contributed by atoms with van der Waals surface area (Å²) in [6.07, 6.45) is 0.821. The summed E-state index contributed by atoms with van der Waals surface area (Å²) in [6.45, 7) is 6.65. The fraction of sp³-hybridized carbons (Fsp3) is 0.476. The zero-order valence-corrected chi connectivity index (χ0v) is 17.4. The largest absolute Gasteiger partial charge is 0.466 e. The van der Waals surface area contributed by atoms with E-state index in [1.54, 1.807) is 18.9 Å². The molecule has 7 nitrogen and oxygen atoms in total. The maximum absolute atomic E-state index is 12.7. The molecule has 1 aromatic heterocycles. The average molecular weight is 386 g/mol. The molecule has 0 saturated heterocycles. The van der Waals surface area contributed by atoms with Gasteiger partial charge in [-0.25, -0.2) is 4.79 Å². The van der Waals surface area contributed by atoms with E-state index in [0.29, 0.717) is 13.2 Å². The molecule has 1 heterocycles. The van der Waals surface area contributed by atoms with Crippen LogP contribution in [0.25, 0.3) is 0 Å². The Kier molecular flexibility index (Phi) is 7.61. The van der Waals surface area contributed by atoms with Gasteiger partial charge in [-0.1, -0.05) is 30.3 Å². The van der Waals surface area contributed by atoms with Gasteiger partial charge in [0.2, 0.25) is 0 Å². The van der Waals surface area contributed by atoms with Gasteiger partial charge in [0.15, 0.2) is 0 Å². The lowest BCUT2D eigenvalue weighted by atomic mass is 10.0. The molecule has 1 aromatic carbocycles. The molecule has 0 aliphatic rings. The van der Waals surface area contributed by atoms with E-state index in [1.165, 1.54) is 0 Å². The Bertz CT molecular complexity index is 801. The molecule has 2 aromatic rings. The van der Waals surface area contributed by atoms with Crippen LogP contribution in [0.1, 0.15) is 41.9 Å². The molecule has 152 valence electrons. The minimum atomic E-state index is -0.433. The normalized spacial score (nSPS) is 11.8. The highest BCUT2D eigenvalue weighted by atomic mass is 16.5. The van der Waals surface area contributed by atoms with E-state index in [-0.39, 0.29) is 18.4 Å². The Morgan fingerprint density at radius 1 is 1.25 bits per heavy atom. The van der Waals surface area contributed by atoms with E-state index in [2.05, 4.69) is 10.4 Å². The quantitative estimate of drug-likeness (QED) is 0.708. The van der Waals surface area contributed by atoms with Crippen molar-refractivity contribution in [2.24, 2.45) is 7.05 Å². The molecule has 0 fully saturated rings. The molecule has 0 saturated carbocycles. The number of amides is 2. The van der Waals surface area contributed by atoms with Crippen molar-refractivity contribution < 1.29 is 14.3 Å². The Morgan fingerprint density at radius 3 is 2.50 bits per heavy atom. The van der Waals surface area contributed by atoms with Crippen molar-refractivity contribution in [3.05, 3.63) is 52.8 Å². The number of carbonyl (C=O) groups excluding carboxylic acids is 2. The number of nitrogens with one attached hydrogen (secondary N) is 1. The van der Waals surface area contributed by atoms with Gasteiger partial charge in [0, 0.05) is 26.3 Å². The third-order valence-electron chi connectivity index (χ3n) is 4.88. The van der Waals surface area contributed by atoms with Crippen LogP contribution in [0.5, 0.6) is 0 Å². The van der Waals surface area contributed by atoms with Crippen LogP contribution in [0.4, 0.5) is 4.79 Å². The Labute approximate surface area is 166 Å². The molecule has 7 heteroatoms. The number of aromatic nitrogens is 2. The van der Waals surface area contributed by atoms with Gasteiger partial charge in [0.1, 0.15) is 0 Å². The molecule has 1 atom stereocenters. The number of ether oxygens (including phenoxy) is 1. The minimum Gasteiger partial charge on any atom is -0.466 e. The van der Waals surface area contributed by atoms with Crippen LogP contribution in [0.3, 0.4) is 0 Å². The van der Waals surface area contributed by atoms with Gasteiger partial charge in [-0.05, 0) is 38.3 Å². The Hall–Kier alpha value is -2.83. The predicted molar refractivity (Wildman–Crippen MR) is 108 cm³/mol. The lowest BCUT2D eigenvalue weighted by molar-refractivity contribution is -0.143. The second-order valence-electron chi connectivity index (χ2n) is 6.87. The second kappa shape index (κ2) is 9.92. The van der Waals surface area contributed by atoms with Crippen LogP contribution >= 0.6 is 0 Å². The van der Waals surface area contributed by atoms with Gasteiger partial charge in [-0.2, -0.15) is 5.10 Å². The Balaban J connectivity index is 2.02. The average Bonchev–Trinajstić information content (AvgIpc) is 2.91. The highest BCUT2D eigenvalue weighted by Crippen LogP contribution is 2.18. The number of aryl methyl sites for hydroxylation is 2. The highest BCUT2D eigenvalue weighted by molar-refractivity contribution is 5.76. The summed E-state index contributed by atoms with van der Waals surface area (Å²) in [5.41, 5.74) is 4.12. The van der Waals surface area contributed by atoms with Crippen LogP contribution in [-0.2, 0) is 23.0 Å². The maximum atomic E-state index is 12.7. The highest BCUT2D eigenvalue weighted by Gasteiger charge is 2.21. The summed E-state index contributed by atoms with van der Waals surface area (Å²) in [7, 11) is 3.67. The van der Waals surface area contributed by atoms with Crippen LogP contribution in [-0.4, -0.2) is 46.9 Å². The minimum absolute atomic E-state index is 0.0955. The first-order valence-corrected chi connectivity index (χ1v) is 9.54. The number of nitrogens with zero attached hydrogens (tertiary/aromatic N) is 3. The molecular formula is C21H30N4O3. The summed E-state index contributed by atoms with van der Waals surface area (Å²) >= 11 is 0. The summed E-state index contributed by atoms with van der Waals surface area (Å²) in [5.74, 6) is -0.332. The molecule has 2 rings (SSSR count). The molecule has 28 heavy (non-hydrogen) atoms. The number of carbonyl (C=O) groups is 2. The standard InChI is InChI=1S/C21H30N4O3/c1-6-28-20(26)14-19(17-10-8-7-9-11-17)22-21(27)24(4)13-12-18-15(2)23-25(5)16(18)3/h7-11,19H,6,12-14H2,1-5H3,(H,22,27). The number of esters is 1. The fourth-order valence-corrected chi connectivity index (χ4v) is 3.14. The number of benzene rings is 1. The fourth-order valence-electron chi connectivity index (χ4n) is 3.14. The molecule has 0 aliphatic heterocycles. The van der Waals surface area contributed by atoms with Crippen molar-refractivity contribution in [3.63, 3.8) is 0 Å². The molecule has 0 bridgehead atoms. The van der Waals surface area contributed by atoms with E-state index in [1.807, 2.05) is 55.9 Å². The van der Waals surface area contributed by atoms with E-state index in [0.717, 1.165) is 28.9 Å². The number of likely N-dealkylation sites (N-methyl/N-ethyl adjacent to an activating group) is 1. The van der Waals surface area contributed by atoms with Crippen molar-refractivity contribution in [3.8, 4) is 0 Å². The zero-order valence-electron chi connectivity index (χ0n) is 17.4. The van der Waals surface area contributed by atoms with Crippen molar-refractivity contribution in [2.45, 2.75) is 39.7 Å². The zero-order chi connectivity index (χ0) is 20.7. The smallest absolute Gasteiger partial charge is 0.317 e. The van der Waals surface area contributed by atoms with Crippen LogP contribution in [0.15, 0.2) is 30.3 Å². The first kappa shape index (κ1) is 21.5. The molecular weight excluding hydrogens is 356 g/mol. The van der Waals surface area contributed by atoms with Gasteiger partial charge >= 0.3 is 12.0 Å². The number of hydrogen-bond acceptors (Lipinski definition) is 4. The number of hydrogen-bond donors (Lipinski definition) is 1. The van der Waals surface area contributed by atoms with Crippen molar-refractivity contribution in [1.29, 1.82) is 0 Å². The van der Waals surface area contributed by atoms with Crippen molar-refractivity contribution in [1.82, 2.24) is 20.0 Å². The maximum Gasteiger partial charge on any atom is 0.317 e. The van der Waals surface area contributed by atoms with E-state index in [4.69, 9.17) is 4.74 Å². The summed E-state index contributed by atoms with van der Waals surface area (Å²) in [6, 6.07) is 8.81. The van der Waals surface area contributed by atoms with Crippen LogP contribution in [0.2, 0.25) is 0 Å². The molecule has 0 spiro atoms. The summed E-state index contributed by atoms with van der Waals surface area (Å²) in [5, 5.41) is 7.38. The number of urea groups is 1. The summed E-state index contributed by atoms with van der Waals surface area (Å²) in [4.78, 5) is 26.3. The Morgan fingerprint density at radius 2 is 1.93 bits per heavy atom. The van der Waals surface area contributed by atoms with Crippen LogP contribution < -0.4 is 5.32 Å². The van der Waals surface area contributed by atoms with Gasteiger partial charge < -0.3 is 15.0 Å². The lowest BCUT2D eigenvalue weighted by Gasteiger charge is -2.23.